The van der Waals surface area contributed by atoms with E-state index in [2.05, 4.69) is 15.3 Å². The zero-order valence-electron chi connectivity index (χ0n) is 18.5. The molecule has 1 aliphatic rings. The summed E-state index contributed by atoms with van der Waals surface area (Å²) in [5.41, 5.74) is 3.24. The lowest BCUT2D eigenvalue weighted by molar-refractivity contribution is 0.0525. The van der Waals surface area contributed by atoms with E-state index in [1.54, 1.807) is 23.7 Å². The van der Waals surface area contributed by atoms with E-state index >= 15 is 0 Å². The number of likely N-dealkylation sites (tertiary alicyclic amines) is 1. The Bertz CT molecular complexity index is 1320. The van der Waals surface area contributed by atoms with E-state index in [4.69, 9.17) is 4.74 Å². The molecule has 0 saturated carbocycles. The number of aromatic nitrogens is 5. The van der Waals surface area contributed by atoms with E-state index in [-0.39, 0.29) is 11.9 Å². The maximum atomic E-state index is 13.4. The summed E-state index contributed by atoms with van der Waals surface area (Å²) in [6, 6.07) is 12.9. The second-order valence-electron chi connectivity index (χ2n) is 7.97. The summed E-state index contributed by atoms with van der Waals surface area (Å²) in [5.74, 6) is 0.349. The van der Waals surface area contributed by atoms with Crippen molar-refractivity contribution in [2.24, 2.45) is 0 Å². The Morgan fingerprint density at radius 1 is 1.12 bits per heavy atom. The van der Waals surface area contributed by atoms with Crippen molar-refractivity contribution in [2.75, 3.05) is 13.2 Å². The number of hydrogen-bond donors (Lipinski definition) is 0. The minimum Gasteiger partial charge on any atom is -0.462 e. The predicted octanol–water partition coefficient (Wildman–Crippen LogP) is 3.38. The maximum absolute atomic E-state index is 13.4. The fourth-order valence-electron chi connectivity index (χ4n) is 4.36. The van der Waals surface area contributed by atoms with Crippen LogP contribution in [0.2, 0.25) is 0 Å². The topological polar surface area (TPSA) is 94.6 Å². The molecule has 1 atom stereocenters. The van der Waals surface area contributed by atoms with E-state index in [0.717, 1.165) is 30.0 Å². The van der Waals surface area contributed by atoms with Gasteiger partial charge in [0, 0.05) is 18.3 Å². The number of nitrogens with zero attached hydrogens (tertiary/aromatic N) is 6. The number of amides is 1. The van der Waals surface area contributed by atoms with Gasteiger partial charge in [0.2, 0.25) is 0 Å². The Morgan fingerprint density at radius 3 is 2.73 bits per heavy atom. The Morgan fingerprint density at radius 2 is 1.94 bits per heavy atom. The van der Waals surface area contributed by atoms with E-state index in [1.165, 1.54) is 6.20 Å². The molecule has 1 saturated heterocycles. The molecule has 0 spiro atoms. The van der Waals surface area contributed by atoms with Crippen LogP contribution in [0, 0.1) is 6.92 Å². The first-order valence-corrected chi connectivity index (χ1v) is 11.0. The van der Waals surface area contributed by atoms with Crippen LogP contribution in [-0.2, 0) is 4.74 Å². The fraction of sp³-hybridized carbons (Fsp3) is 0.292. The van der Waals surface area contributed by atoms with Gasteiger partial charge in [-0.25, -0.2) is 9.48 Å². The van der Waals surface area contributed by atoms with Crippen molar-refractivity contribution in [1.29, 1.82) is 0 Å². The zero-order valence-corrected chi connectivity index (χ0v) is 18.5. The summed E-state index contributed by atoms with van der Waals surface area (Å²) in [7, 11) is 0. The average molecular weight is 444 g/mol. The van der Waals surface area contributed by atoms with Gasteiger partial charge in [0.25, 0.3) is 5.91 Å². The van der Waals surface area contributed by atoms with Crippen LogP contribution in [-0.4, -0.2) is 54.3 Å². The Balaban J connectivity index is 1.38. The summed E-state index contributed by atoms with van der Waals surface area (Å²) >= 11 is 0. The van der Waals surface area contributed by atoms with Crippen LogP contribution in [0.5, 0.6) is 0 Å². The third-order valence-corrected chi connectivity index (χ3v) is 6.02. The van der Waals surface area contributed by atoms with Gasteiger partial charge in [0.15, 0.2) is 11.5 Å². The molecule has 1 aromatic carbocycles. The quantitative estimate of drug-likeness (QED) is 0.438. The number of esters is 1. The first-order valence-electron chi connectivity index (χ1n) is 11.0. The van der Waals surface area contributed by atoms with Crippen LogP contribution in [0.4, 0.5) is 0 Å². The molecule has 4 aromatic rings. The SMILES string of the molecule is CCOC(=O)c1cnn(-c2ccc(C(=O)N3CCCC3c3nnc4ccccn34)cc2)c1C. The van der Waals surface area contributed by atoms with Gasteiger partial charge >= 0.3 is 5.97 Å². The largest absolute Gasteiger partial charge is 0.462 e. The minimum absolute atomic E-state index is 0.0406. The summed E-state index contributed by atoms with van der Waals surface area (Å²) in [6.07, 6.45) is 5.20. The fourth-order valence-corrected chi connectivity index (χ4v) is 4.36. The number of fused-ring (bicyclic) bond motifs is 1. The monoisotopic (exact) mass is 444 g/mol. The standard InChI is InChI=1S/C24H24N6O3/c1-3-33-24(32)19-15-25-30(16(19)2)18-11-9-17(10-12-18)23(31)28-14-6-7-20(28)22-27-26-21-8-4-5-13-29(21)22/h4-5,8-13,15,20H,3,6-7,14H2,1-2H3. The molecule has 0 aliphatic carbocycles. The molecule has 0 bridgehead atoms. The maximum Gasteiger partial charge on any atom is 0.341 e. The van der Waals surface area contributed by atoms with Gasteiger partial charge in [-0.15, -0.1) is 10.2 Å². The molecule has 168 valence electrons. The van der Waals surface area contributed by atoms with Crippen LogP contribution >= 0.6 is 0 Å². The number of hydrogen-bond acceptors (Lipinski definition) is 6. The van der Waals surface area contributed by atoms with Gasteiger partial charge in [-0.2, -0.15) is 5.10 Å². The highest BCUT2D eigenvalue weighted by atomic mass is 16.5. The molecule has 0 N–H and O–H groups in total. The highest BCUT2D eigenvalue weighted by molar-refractivity contribution is 5.95. The molecule has 4 heterocycles. The molecule has 9 heteroatoms. The molecular formula is C24H24N6O3. The van der Waals surface area contributed by atoms with Crippen molar-refractivity contribution in [1.82, 2.24) is 29.3 Å². The minimum atomic E-state index is -0.394. The van der Waals surface area contributed by atoms with Crippen molar-refractivity contribution in [3.8, 4) is 5.69 Å². The second kappa shape index (κ2) is 8.50. The number of ether oxygens (including phenoxy) is 1. The number of carbonyl (C=O) groups excluding carboxylic acids is 2. The van der Waals surface area contributed by atoms with E-state index in [9.17, 15) is 9.59 Å². The van der Waals surface area contributed by atoms with Crippen LogP contribution in [0.3, 0.4) is 0 Å². The average Bonchev–Trinajstić information content (AvgIpc) is 3.56. The van der Waals surface area contributed by atoms with Crippen molar-refractivity contribution in [3.05, 3.63) is 77.5 Å². The van der Waals surface area contributed by atoms with Gasteiger partial charge in [-0.05, 0) is 63.1 Å². The first-order chi connectivity index (χ1) is 16.1. The smallest absolute Gasteiger partial charge is 0.341 e. The highest BCUT2D eigenvalue weighted by Gasteiger charge is 2.33. The summed E-state index contributed by atoms with van der Waals surface area (Å²) < 4.78 is 8.69. The van der Waals surface area contributed by atoms with Gasteiger partial charge in [0.05, 0.1) is 30.2 Å². The van der Waals surface area contributed by atoms with Gasteiger partial charge in [-0.1, -0.05) is 6.07 Å². The summed E-state index contributed by atoms with van der Waals surface area (Å²) in [6.45, 7) is 4.57. The van der Waals surface area contributed by atoms with Gasteiger partial charge in [-0.3, -0.25) is 9.20 Å². The lowest BCUT2D eigenvalue weighted by Gasteiger charge is -2.23. The lowest BCUT2D eigenvalue weighted by atomic mass is 10.1. The highest BCUT2D eigenvalue weighted by Crippen LogP contribution is 2.32. The molecule has 1 amide bonds. The molecule has 33 heavy (non-hydrogen) atoms. The Hall–Kier alpha value is -4.01. The zero-order chi connectivity index (χ0) is 22.9. The third kappa shape index (κ3) is 3.65. The van der Waals surface area contributed by atoms with E-state index < -0.39 is 5.97 Å². The van der Waals surface area contributed by atoms with Crippen LogP contribution in [0.25, 0.3) is 11.3 Å². The molecule has 1 aliphatic heterocycles. The third-order valence-electron chi connectivity index (χ3n) is 6.02. The summed E-state index contributed by atoms with van der Waals surface area (Å²) in [4.78, 5) is 27.3. The summed E-state index contributed by atoms with van der Waals surface area (Å²) in [5, 5.41) is 12.9. The Kier molecular flexibility index (Phi) is 5.37. The van der Waals surface area contributed by atoms with Crippen LogP contribution in [0.15, 0.2) is 54.9 Å². The molecule has 3 aromatic heterocycles. The number of benzene rings is 1. The van der Waals surface area contributed by atoms with Gasteiger partial charge in [0.1, 0.15) is 5.56 Å². The van der Waals surface area contributed by atoms with Crippen molar-refractivity contribution < 1.29 is 14.3 Å². The molecular weight excluding hydrogens is 420 g/mol. The number of rotatable bonds is 5. The molecule has 1 fully saturated rings. The van der Waals surface area contributed by atoms with Gasteiger partial charge < -0.3 is 9.64 Å². The lowest BCUT2D eigenvalue weighted by Crippen LogP contribution is -2.31. The second-order valence-corrected chi connectivity index (χ2v) is 7.97. The molecule has 0 radical (unpaired) electrons. The normalized spacial score (nSPS) is 15.8. The Labute approximate surface area is 190 Å². The van der Waals surface area contributed by atoms with Crippen LogP contribution in [0.1, 0.15) is 58.0 Å². The number of pyridine rings is 1. The van der Waals surface area contributed by atoms with Crippen molar-refractivity contribution >= 4 is 17.5 Å². The van der Waals surface area contributed by atoms with Crippen LogP contribution < -0.4 is 0 Å². The molecule has 5 rings (SSSR count). The van der Waals surface area contributed by atoms with E-state index in [1.807, 2.05) is 52.8 Å². The number of carbonyl (C=O) groups is 2. The van der Waals surface area contributed by atoms with Crippen molar-refractivity contribution in [3.63, 3.8) is 0 Å². The predicted molar refractivity (Wildman–Crippen MR) is 120 cm³/mol. The van der Waals surface area contributed by atoms with E-state index in [0.29, 0.717) is 30.0 Å². The molecule has 9 nitrogen and oxygen atoms in total. The van der Waals surface area contributed by atoms with Crippen molar-refractivity contribution in [2.45, 2.75) is 32.7 Å². The molecule has 1 unspecified atom stereocenters. The first kappa shape index (κ1) is 20.9.